The molecule has 1 aromatic carbocycles. The highest BCUT2D eigenvalue weighted by Crippen LogP contribution is 2.25. The summed E-state index contributed by atoms with van der Waals surface area (Å²) in [6.07, 6.45) is 0. The van der Waals surface area contributed by atoms with E-state index < -0.39 is 0 Å². The minimum absolute atomic E-state index is 0.0206. The Morgan fingerprint density at radius 3 is 2.44 bits per heavy atom. The van der Waals surface area contributed by atoms with Crippen LogP contribution in [-0.4, -0.2) is 54.3 Å². The summed E-state index contributed by atoms with van der Waals surface area (Å²) in [6, 6.07) is 13.6. The molecule has 1 aromatic heterocycles. The summed E-state index contributed by atoms with van der Waals surface area (Å²) in [4.78, 5) is 29.9. The van der Waals surface area contributed by atoms with E-state index in [2.05, 4.69) is 34.7 Å². The van der Waals surface area contributed by atoms with Gasteiger partial charge in [0, 0.05) is 42.7 Å². The van der Waals surface area contributed by atoms with Gasteiger partial charge in [0.15, 0.2) is 0 Å². The van der Waals surface area contributed by atoms with E-state index in [1.54, 1.807) is 23.5 Å². The Labute approximate surface area is 152 Å². The summed E-state index contributed by atoms with van der Waals surface area (Å²) in [5.41, 5.74) is 0.574. The highest BCUT2D eigenvalue weighted by Gasteiger charge is 2.25. The van der Waals surface area contributed by atoms with Crippen molar-refractivity contribution in [1.82, 2.24) is 15.1 Å². The molecule has 1 saturated heterocycles. The first kappa shape index (κ1) is 17.6. The summed E-state index contributed by atoms with van der Waals surface area (Å²) in [6.45, 7) is 5.39. The van der Waals surface area contributed by atoms with Crippen LogP contribution in [0.3, 0.4) is 0 Å². The zero-order chi connectivity index (χ0) is 17.6. The second-order valence-electron chi connectivity index (χ2n) is 6.16. The Morgan fingerprint density at radius 2 is 1.80 bits per heavy atom. The van der Waals surface area contributed by atoms with E-state index in [9.17, 15) is 9.59 Å². The first-order chi connectivity index (χ1) is 12.1. The average Bonchev–Trinajstić information content (AvgIpc) is 3.21. The highest BCUT2D eigenvalue weighted by atomic mass is 32.1. The van der Waals surface area contributed by atoms with E-state index >= 15 is 0 Å². The molecule has 5 nitrogen and oxygen atoms in total. The lowest BCUT2D eigenvalue weighted by molar-refractivity contribution is -0.132. The van der Waals surface area contributed by atoms with Crippen LogP contribution in [0.25, 0.3) is 0 Å². The van der Waals surface area contributed by atoms with Gasteiger partial charge in [-0.15, -0.1) is 11.3 Å². The number of piperazine rings is 1. The van der Waals surface area contributed by atoms with Crippen LogP contribution in [0.5, 0.6) is 0 Å². The molecule has 0 spiro atoms. The molecule has 0 bridgehead atoms. The van der Waals surface area contributed by atoms with Gasteiger partial charge in [0.1, 0.15) is 0 Å². The molecular formula is C19H23N3O2S. The fourth-order valence-corrected chi connectivity index (χ4v) is 3.84. The number of rotatable bonds is 5. The van der Waals surface area contributed by atoms with Crippen molar-refractivity contribution in [3.05, 3.63) is 58.3 Å². The van der Waals surface area contributed by atoms with Gasteiger partial charge in [-0.05, 0) is 30.5 Å². The number of amides is 2. The smallest absolute Gasteiger partial charge is 0.251 e. The van der Waals surface area contributed by atoms with E-state index in [0.717, 1.165) is 13.1 Å². The zero-order valence-electron chi connectivity index (χ0n) is 14.4. The molecule has 2 heterocycles. The Hall–Kier alpha value is -2.18. The molecule has 0 saturated carbocycles. The fraction of sp³-hybridized carbons (Fsp3) is 0.368. The number of nitrogens with zero attached hydrogens (tertiary/aromatic N) is 2. The Morgan fingerprint density at radius 1 is 1.08 bits per heavy atom. The molecule has 0 aliphatic carbocycles. The van der Waals surface area contributed by atoms with Crippen LogP contribution < -0.4 is 5.32 Å². The zero-order valence-corrected chi connectivity index (χ0v) is 15.2. The normalized spacial score (nSPS) is 16.4. The summed E-state index contributed by atoms with van der Waals surface area (Å²) in [5, 5.41) is 4.81. The number of benzene rings is 1. The van der Waals surface area contributed by atoms with Gasteiger partial charge >= 0.3 is 0 Å². The third kappa shape index (κ3) is 4.46. The van der Waals surface area contributed by atoms with E-state index in [1.807, 2.05) is 23.1 Å². The molecule has 0 radical (unpaired) electrons. The minimum Gasteiger partial charge on any atom is -0.343 e. The lowest BCUT2D eigenvalue weighted by Crippen LogP contribution is -2.51. The molecule has 132 valence electrons. The topological polar surface area (TPSA) is 52.6 Å². The number of nitrogens with one attached hydrogen (secondary N) is 1. The van der Waals surface area contributed by atoms with Gasteiger partial charge in [0.05, 0.1) is 6.54 Å². The van der Waals surface area contributed by atoms with Crippen LogP contribution in [0.4, 0.5) is 0 Å². The van der Waals surface area contributed by atoms with E-state index in [-0.39, 0.29) is 18.4 Å². The van der Waals surface area contributed by atoms with Crippen molar-refractivity contribution >= 4 is 23.2 Å². The highest BCUT2D eigenvalue weighted by molar-refractivity contribution is 7.10. The van der Waals surface area contributed by atoms with Crippen molar-refractivity contribution in [3.8, 4) is 0 Å². The lowest BCUT2D eigenvalue weighted by atomic mass is 10.2. The van der Waals surface area contributed by atoms with Gasteiger partial charge in [-0.25, -0.2) is 0 Å². The summed E-state index contributed by atoms with van der Waals surface area (Å²) in [7, 11) is 0. The van der Waals surface area contributed by atoms with Gasteiger partial charge in [0.2, 0.25) is 5.91 Å². The molecule has 25 heavy (non-hydrogen) atoms. The van der Waals surface area contributed by atoms with E-state index in [0.29, 0.717) is 24.7 Å². The van der Waals surface area contributed by atoms with Crippen LogP contribution in [0.1, 0.15) is 28.2 Å². The predicted molar refractivity (Wildman–Crippen MR) is 99.7 cm³/mol. The fourth-order valence-electron chi connectivity index (χ4n) is 3.03. The number of carbonyl (C=O) groups excluding carboxylic acids is 2. The molecular weight excluding hydrogens is 334 g/mol. The summed E-state index contributed by atoms with van der Waals surface area (Å²) in [5.74, 6) is -0.230. The number of hydrogen-bond acceptors (Lipinski definition) is 4. The maximum absolute atomic E-state index is 12.3. The van der Waals surface area contributed by atoms with Crippen LogP contribution in [0.2, 0.25) is 0 Å². The molecule has 1 N–H and O–H groups in total. The molecule has 2 aromatic rings. The van der Waals surface area contributed by atoms with Gasteiger partial charge in [-0.2, -0.15) is 0 Å². The monoisotopic (exact) mass is 357 g/mol. The summed E-state index contributed by atoms with van der Waals surface area (Å²) >= 11 is 1.77. The number of thiophene rings is 1. The van der Waals surface area contributed by atoms with Crippen molar-refractivity contribution in [2.24, 2.45) is 0 Å². The summed E-state index contributed by atoms with van der Waals surface area (Å²) < 4.78 is 0. The number of hydrogen-bond donors (Lipinski definition) is 1. The minimum atomic E-state index is -0.209. The van der Waals surface area contributed by atoms with Crippen LogP contribution in [-0.2, 0) is 4.79 Å². The van der Waals surface area contributed by atoms with Gasteiger partial charge < -0.3 is 10.2 Å². The Bertz CT molecular complexity index is 695. The van der Waals surface area contributed by atoms with Crippen molar-refractivity contribution in [2.45, 2.75) is 13.0 Å². The van der Waals surface area contributed by atoms with E-state index in [4.69, 9.17) is 0 Å². The maximum Gasteiger partial charge on any atom is 0.251 e. The van der Waals surface area contributed by atoms with Crippen molar-refractivity contribution in [2.75, 3.05) is 32.7 Å². The van der Waals surface area contributed by atoms with Crippen molar-refractivity contribution in [1.29, 1.82) is 0 Å². The van der Waals surface area contributed by atoms with Gasteiger partial charge in [0.25, 0.3) is 5.91 Å². The predicted octanol–water partition coefficient (Wildman–Crippen LogP) is 2.38. The quantitative estimate of drug-likeness (QED) is 0.894. The first-order valence-corrected chi connectivity index (χ1v) is 9.41. The third-order valence-corrected chi connectivity index (χ3v) is 5.65. The molecule has 1 aliphatic heterocycles. The third-order valence-electron chi connectivity index (χ3n) is 4.61. The molecule has 1 fully saturated rings. The van der Waals surface area contributed by atoms with Crippen molar-refractivity contribution in [3.63, 3.8) is 0 Å². The molecule has 1 atom stereocenters. The largest absolute Gasteiger partial charge is 0.343 e. The molecule has 3 rings (SSSR count). The number of carbonyl (C=O) groups is 2. The van der Waals surface area contributed by atoms with E-state index in [1.165, 1.54) is 4.88 Å². The standard InChI is InChI=1S/C19H23N3O2S/c1-15(17-8-5-13-25-17)21-9-11-22(12-10-21)18(23)14-20-19(24)16-6-3-2-4-7-16/h2-8,13,15H,9-12,14H2,1H3,(H,20,24). The molecule has 1 unspecified atom stereocenters. The molecule has 2 amide bonds. The average molecular weight is 357 g/mol. The molecule has 1 aliphatic rings. The Kier molecular flexibility index (Phi) is 5.83. The van der Waals surface area contributed by atoms with Crippen LogP contribution >= 0.6 is 11.3 Å². The van der Waals surface area contributed by atoms with Crippen LogP contribution in [0, 0.1) is 0 Å². The van der Waals surface area contributed by atoms with Gasteiger partial charge in [-0.3, -0.25) is 14.5 Å². The SMILES string of the molecule is CC(c1cccs1)N1CCN(C(=O)CNC(=O)c2ccccc2)CC1. The second-order valence-corrected chi connectivity index (χ2v) is 7.14. The van der Waals surface area contributed by atoms with Crippen LogP contribution in [0.15, 0.2) is 47.8 Å². The Balaban J connectivity index is 1.45. The molecule has 6 heteroatoms. The second kappa shape index (κ2) is 8.27. The first-order valence-electron chi connectivity index (χ1n) is 8.53. The lowest BCUT2D eigenvalue weighted by Gasteiger charge is -2.37. The van der Waals surface area contributed by atoms with Gasteiger partial charge in [-0.1, -0.05) is 24.3 Å². The van der Waals surface area contributed by atoms with Crippen molar-refractivity contribution < 1.29 is 9.59 Å². The maximum atomic E-state index is 12.3.